The van der Waals surface area contributed by atoms with E-state index in [4.69, 9.17) is 10.5 Å². The fraction of sp³-hybridized carbons (Fsp3) is 0.538. The van der Waals surface area contributed by atoms with Crippen molar-refractivity contribution in [2.24, 2.45) is 0 Å². The average Bonchev–Trinajstić information content (AvgIpc) is 3.03. The van der Waals surface area contributed by atoms with Gasteiger partial charge in [-0.15, -0.1) is 0 Å². The Balaban J connectivity index is 1.94. The molecule has 2 aromatic rings. The molecule has 9 nitrogen and oxygen atoms in total. The fourth-order valence-electron chi connectivity index (χ4n) is 2.60. The molecule has 0 saturated carbocycles. The molecule has 4 N–H and O–H groups in total. The Labute approximate surface area is 125 Å². The molecule has 118 valence electrons. The average molecular weight is 307 g/mol. The van der Waals surface area contributed by atoms with Crippen molar-refractivity contribution >= 4 is 22.8 Å². The standard InChI is InChI=1S/C13H17N5O4/c1-2-3-6(19)10-8(20)9(21)13(22-10)18-5-17-7-11(14)15-4-16-12(7)18/h4-5,8-10,13,20-21H,2-3H2,1H3,(H2,14,15,16)/t8?,9-,10+,13+/m0/s1. The number of ketones is 1. The van der Waals surface area contributed by atoms with Gasteiger partial charge in [0.25, 0.3) is 0 Å². The molecule has 1 aliphatic rings. The van der Waals surface area contributed by atoms with Crippen LogP contribution in [0.15, 0.2) is 12.7 Å². The zero-order valence-corrected chi connectivity index (χ0v) is 12.0. The summed E-state index contributed by atoms with van der Waals surface area (Å²) in [6.45, 7) is 1.86. The van der Waals surface area contributed by atoms with E-state index in [0.717, 1.165) is 0 Å². The highest BCUT2D eigenvalue weighted by molar-refractivity contribution is 5.84. The van der Waals surface area contributed by atoms with Crippen molar-refractivity contribution in [1.82, 2.24) is 19.5 Å². The fourth-order valence-corrected chi connectivity index (χ4v) is 2.60. The predicted molar refractivity (Wildman–Crippen MR) is 75.6 cm³/mol. The van der Waals surface area contributed by atoms with Crippen molar-refractivity contribution < 1.29 is 19.7 Å². The molecular formula is C13H17N5O4. The molecule has 0 bridgehead atoms. The van der Waals surface area contributed by atoms with Gasteiger partial charge in [0.15, 0.2) is 23.5 Å². The van der Waals surface area contributed by atoms with Crippen LogP contribution in [-0.2, 0) is 9.53 Å². The molecule has 2 aromatic heterocycles. The summed E-state index contributed by atoms with van der Waals surface area (Å²) in [6.07, 6.45) is -0.988. The number of carbonyl (C=O) groups excluding carboxylic acids is 1. The van der Waals surface area contributed by atoms with Crippen LogP contribution in [0.25, 0.3) is 11.2 Å². The van der Waals surface area contributed by atoms with Crippen LogP contribution in [0.4, 0.5) is 5.82 Å². The molecule has 3 rings (SSSR count). The summed E-state index contributed by atoms with van der Waals surface area (Å²) in [5.41, 5.74) is 6.45. The number of aliphatic hydroxyl groups excluding tert-OH is 2. The van der Waals surface area contributed by atoms with Gasteiger partial charge in [-0.3, -0.25) is 9.36 Å². The lowest BCUT2D eigenvalue weighted by molar-refractivity contribution is -0.135. The summed E-state index contributed by atoms with van der Waals surface area (Å²) in [5, 5.41) is 20.3. The number of fused-ring (bicyclic) bond motifs is 1. The Bertz CT molecular complexity index is 703. The van der Waals surface area contributed by atoms with E-state index >= 15 is 0 Å². The monoisotopic (exact) mass is 307 g/mol. The first kappa shape index (κ1) is 14.8. The van der Waals surface area contributed by atoms with Crippen LogP contribution in [0, 0.1) is 0 Å². The van der Waals surface area contributed by atoms with Gasteiger partial charge < -0.3 is 20.7 Å². The predicted octanol–water partition coefficient (Wildman–Crippen LogP) is -0.603. The van der Waals surface area contributed by atoms with Crippen molar-refractivity contribution in [2.45, 2.75) is 44.3 Å². The third-order valence-electron chi connectivity index (χ3n) is 3.71. The van der Waals surface area contributed by atoms with E-state index in [1.54, 1.807) is 0 Å². The Morgan fingerprint density at radius 1 is 1.36 bits per heavy atom. The lowest BCUT2D eigenvalue weighted by atomic mass is 10.0. The van der Waals surface area contributed by atoms with Crippen LogP contribution in [0.2, 0.25) is 0 Å². The number of rotatable bonds is 4. The maximum atomic E-state index is 12.0. The molecule has 22 heavy (non-hydrogen) atoms. The van der Waals surface area contributed by atoms with Crippen LogP contribution in [0.5, 0.6) is 0 Å². The second-order valence-electron chi connectivity index (χ2n) is 5.23. The zero-order valence-electron chi connectivity index (χ0n) is 12.0. The highest BCUT2D eigenvalue weighted by Gasteiger charge is 2.47. The van der Waals surface area contributed by atoms with Crippen molar-refractivity contribution in [1.29, 1.82) is 0 Å². The number of aliphatic hydroxyl groups is 2. The molecule has 0 aromatic carbocycles. The Kier molecular flexibility index (Phi) is 3.77. The number of aromatic nitrogens is 4. The van der Waals surface area contributed by atoms with Crippen molar-refractivity contribution in [2.75, 3.05) is 5.73 Å². The molecule has 0 spiro atoms. The number of ether oxygens (including phenoxy) is 1. The molecular weight excluding hydrogens is 290 g/mol. The van der Waals surface area contributed by atoms with Crippen LogP contribution in [-0.4, -0.2) is 53.8 Å². The largest absolute Gasteiger partial charge is 0.387 e. The molecule has 0 radical (unpaired) electrons. The zero-order chi connectivity index (χ0) is 15.9. The first-order valence-corrected chi connectivity index (χ1v) is 7.02. The number of imidazole rings is 1. The number of carbonyl (C=O) groups is 1. The molecule has 9 heteroatoms. The number of anilines is 1. The maximum absolute atomic E-state index is 12.0. The Hall–Kier alpha value is -2.10. The number of nitrogens with two attached hydrogens (primary N) is 1. The molecule has 0 aliphatic carbocycles. The van der Waals surface area contributed by atoms with Crippen LogP contribution >= 0.6 is 0 Å². The normalized spacial score (nSPS) is 28.3. The molecule has 1 fully saturated rings. The summed E-state index contributed by atoms with van der Waals surface area (Å²) < 4.78 is 7.01. The number of hydrogen-bond donors (Lipinski definition) is 3. The summed E-state index contributed by atoms with van der Waals surface area (Å²) in [6, 6.07) is 0. The lowest BCUT2D eigenvalue weighted by Crippen LogP contribution is -2.35. The minimum atomic E-state index is -1.29. The SMILES string of the molecule is CCCC(=O)[C@H]1O[C@@H](n2cnc3c(N)ncnc32)[C@@H](O)C1O. The van der Waals surface area contributed by atoms with E-state index in [0.29, 0.717) is 17.6 Å². The van der Waals surface area contributed by atoms with Crippen molar-refractivity contribution in [3.8, 4) is 0 Å². The van der Waals surface area contributed by atoms with Gasteiger partial charge in [0, 0.05) is 6.42 Å². The molecule has 1 aliphatic heterocycles. The third-order valence-corrected chi connectivity index (χ3v) is 3.71. The quantitative estimate of drug-likeness (QED) is 0.681. The van der Waals surface area contributed by atoms with Crippen molar-refractivity contribution in [3.63, 3.8) is 0 Å². The smallest absolute Gasteiger partial charge is 0.167 e. The number of nitrogens with zero attached hydrogens (tertiary/aromatic N) is 4. The molecule has 0 amide bonds. The second kappa shape index (κ2) is 5.59. The number of Topliss-reactive ketones (excluding diaryl/α,β-unsaturated/α-hetero) is 1. The van der Waals surface area contributed by atoms with Crippen LogP contribution in [0.3, 0.4) is 0 Å². The maximum Gasteiger partial charge on any atom is 0.167 e. The second-order valence-corrected chi connectivity index (χ2v) is 5.23. The topological polar surface area (TPSA) is 136 Å². The van der Waals surface area contributed by atoms with Crippen LogP contribution < -0.4 is 5.73 Å². The van der Waals surface area contributed by atoms with Gasteiger partial charge in [0.05, 0.1) is 6.33 Å². The summed E-state index contributed by atoms with van der Waals surface area (Å²) in [5.74, 6) is -0.0366. The minimum Gasteiger partial charge on any atom is -0.387 e. The first-order valence-electron chi connectivity index (χ1n) is 7.02. The van der Waals surface area contributed by atoms with Gasteiger partial charge in [0.1, 0.15) is 30.2 Å². The highest BCUT2D eigenvalue weighted by Crippen LogP contribution is 2.32. The molecule has 1 saturated heterocycles. The van der Waals surface area contributed by atoms with Gasteiger partial charge in [-0.25, -0.2) is 15.0 Å². The van der Waals surface area contributed by atoms with Gasteiger partial charge >= 0.3 is 0 Å². The Morgan fingerprint density at radius 2 is 2.14 bits per heavy atom. The van der Waals surface area contributed by atoms with Gasteiger partial charge in [-0.2, -0.15) is 0 Å². The Morgan fingerprint density at radius 3 is 2.86 bits per heavy atom. The van der Waals surface area contributed by atoms with E-state index < -0.39 is 24.5 Å². The highest BCUT2D eigenvalue weighted by atomic mass is 16.6. The van der Waals surface area contributed by atoms with E-state index in [2.05, 4.69) is 15.0 Å². The molecule has 3 heterocycles. The van der Waals surface area contributed by atoms with Crippen LogP contribution in [0.1, 0.15) is 26.0 Å². The lowest BCUT2D eigenvalue weighted by Gasteiger charge is -2.16. The van der Waals surface area contributed by atoms with E-state index in [9.17, 15) is 15.0 Å². The third kappa shape index (κ3) is 2.23. The summed E-state index contributed by atoms with van der Waals surface area (Å²) >= 11 is 0. The summed E-state index contributed by atoms with van der Waals surface area (Å²) in [7, 11) is 0. The van der Waals surface area contributed by atoms with Gasteiger partial charge in [0.2, 0.25) is 0 Å². The van der Waals surface area contributed by atoms with Gasteiger partial charge in [-0.1, -0.05) is 6.92 Å². The molecule has 4 atom stereocenters. The van der Waals surface area contributed by atoms with Crippen molar-refractivity contribution in [3.05, 3.63) is 12.7 Å². The number of hydrogen-bond acceptors (Lipinski definition) is 8. The van der Waals surface area contributed by atoms with E-state index in [1.165, 1.54) is 17.2 Å². The van der Waals surface area contributed by atoms with E-state index in [-0.39, 0.29) is 18.0 Å². The van der Waals surface area contributed by atoms with E-state index in [1.807, 2.05) is 6.92 Å². The number of nitrogen functional groups attached to an aromatic ring is 1. The van der Waals surface area contributed by atoms with Gasteiger partial charge in [-0.05, 0) is 6.42 Å². The minimum absolute atomic E-state index is 0.204. The molecule has 1 unspecified atom stereocenters. The summed E-state index contributed by atoms with van der Waals surface area (Å²) in [4.78, 5) is 23.9. The first-order chi connectivity index (χ1) is 10.5.